The van der Waals surface area contributed by atoms with Gasteiger partial charge in [-0.1, -0.05) is 0 Å². The fourth-order valence-corrected chi connectivity index (χ4v) is 2.12. The molecule has 0 bridgehead atoms. The molecule has 0 saturated heterocycles. The highest BCUT2D eigenvalue weighted by Crippen LogP contribution is 2.42. The molecule has 0 aliphatic carbocycles. The van der Waals surface area contributed by atoms with Gasteiger partial charge in [-0.2, -0.15) is 13.2 Å². The van der Waals surface area contributed by atoms with Crippen LogP contribution < -0.4 is 0 Å². The van der Waals surface area contributed by atoms with Crippen molar-refractivity contribution in [1.82, 2.24) is 4.98 Å². The van der Waals surface area contributed by atoms with Gasteiger partial charge in [-0.25, -0.2) is 4.79 Å². The molecule has 0 aliphatic heterocycles. The van der Waals surface area contributed by atoms with Gasteiger partial charge >= 0.3 is 12.1 Å². The van der Waals surface area contributed by atoms with Gasteiger partial charge in [0.15, 0.2) is 0 Å². The zero-order valence-corrected chi connectivity index (χ0v) is 11.4. The van der Waals surface area contributed by atoms with Crippen molar-refractivity contribution >= 4 is 23.2 Å². The van der Waals surface area contributed by atoms with Crippen molar-refractivity contribution in [2.24, 2.45) is 0 Å². The summed E-state index contributed by atoms with van der Waals surface area (Å²) in [4.78, 5) is 25.0. The first-order valence-corrected chi connectivity index (χ1v) is 6.28. The fourth-order valence-electron chi connectivity index (χ4n) is 2.12. The topological polar surface area (TPSA) is 79.4 Å². The third-order valence-corrected chi connectivity index (χ3v) is 3.21. The number of hydrogen-bond donors (Lipinski definition) is 2. The number of carbonyl (C=O) groups is 2. The van der Waals surface area contributed by atoms with E-state index < -0.39 is 23.3 Å². The van der Waals surface area contributed by atoms with Gasteiger partial charge in [-0.3, -0.25) is 4.79 Å². The number of rotatable bonds is 4. The van der Waals surface area contributed by atoms with E-state index in [1.807, 2.05) is 0 Å². The van der Waals surface area contributed by atoms with Gasteiger partial charge in [-0.05, 0) is 25.1 Å². The number of alkyl halides is 3. The predicted molar refractivity (Wildman–Crippen MR) is 70.3 cm³/mol. The van der Waals surface area contributed by atoms with Gasteiger partial charge in [-0.15, -0.1) is 0 Å². The quantitative estimate of drug-likeness (QED) is 0.670. The molecule has 0 fully saturated rings. The van der Waals surface area contributed by atoms with Crippen molar-refractivity contribution in [3.05, 3.63) is 35.5 Å². The number of carbonyl (C=O) groups excluding carboxylic acids is 2. The molecule has 22 heavy (non-hydrogen) atoms. The molecule has 1 atom stereocenters. The normalized spacial score (nSPS) is 14.6. The lowest BCUT2D eigenvalue weighted by Crippen LogP contribution is -2.50. The molecular weight excluding hydrogens is 303 g/mol. The van der Waals surface area contributed by atoms with Crippen molar-refractivity contribution in [2.75, 3.05) is 6.61 Å². The zero-order valence-electron chi connectivity index (χ0n) is 11.4. The van der Waals surface area contributed by atoms with Crippen LogP contribution in [0, 0.1) is 0 Å². The Morgan fingerprint density at radius 1 is 1.41 bits per heavy atom. The van der Waals surface area contributed by atoms with Gasteiger partial charge in [0.1, 0.15) is 6.29 Å². The summed E-state index contributed by atoms with van der Waals surface area (Å²) < 4.78 is 44.3. The van der Waals surface area contributed by atoms with E-state index in [9.17, 15) is 27.9 Å². The van der Waals surface area contributed by atoms with Gasteiger partial charge in [0, 0.05) is 28.2 Å². The lowest BCUT2D eigenvalue weighted by Gasteiger charge is -2.27. The van der Waals surface area contributed by atoms with Crippen LogP contribution in [0.15, 0.2) is 24.4 Å². The van der Waals surface area contributed by atoms with E-state index in [1.165, 1.54) is 19.1 Å². The van der Waals surface area contributed by atoms with E-state index in [4.69, 9.17) is 0 Å². The average Bonchev–Trinajstić information content (AvgIpc) is 2.88. The second-order valence-electron chi connectivity index (χ2n) is 4.55. The first-order chi connectivity index (χ1) is 10.3. The number of fused-ring (bicyclic) bond motifs is 1. The molecule has 0 amide bonds. The summed E-state index contributed by atoms with van der Waals surface area (Å²) >= 11 is 0. The number of halogens is 3. The summed E-state index contributed by atoms with van der Waals surface area (Å²) in [6.07, 6.45) is -3.96. The van der Waals surface area contributed by atoms with Gasteiger partial charge in [0.25, 0.3) is 5.60 Å². The second kappa shape index (κ2) is 5.45. The number of benzene rings is 1. The Bertz CT molecular complexity index is 722. The Balaban J connectivity index is 2.72. The zero-order chi connectivity index (χ0) is 16.5. The monoisotopic (exact) mass is 315 g/mol. The summed E-state index contributed by atoms with van der Waals surface area (Å²) in [5, 5.41) is 9.98. The predicted octanol–water partition coefficient (Wildman–Crippen LogP) is 2.29. The molecule has 2 aromatic rings. The van der Waals surface area contributed by atoms with Crippen LogP contribution in [0.25, 0.3) is 10.9 Å². The van der Waals surface area contributed by atoms with Crippen LogP contribution in [0.4, 0.5) is 13.2 Å². The van der Waals surface area contributed by atoms with Crippen LogP contribution in [0.5, 0.6) is 0 Å². The maximum absolute atomic E-state index is 13.3. The molecule has 0 radical (unpaired) electrons. The summed E-state index contributed by atoms with van der Waals surface area (Å²) in [6, 6.07) is 3.93. The Labute approximate surface area is 122 Å². The molecule has 5 nitrogen and oxygen atoms in total. The summed E-state index contributed by atoms with van der Waals surface area (Å²) in [5.74, 6) is -1.82. The van der Waals surface area contributed by atoms with Crippen molar-refractivity contribution in [2.45, 2.75) is 18.7 Å². The van der Waals surface area contributed by atoms with Crippen molar-refractivity contribution in [3.8, 4) is 0 Å². The maximum Gasteiger partial charge on any atom is 0.432 e. The van der Waals surface area contributed by atoms with Crippen LogP contribution in [-0.4, -0.2) is 35.1 Å². The number of H-pyrrole nitrogens is 1. The van der Waals surface area contributed by atoms with Crippen LogP contribution in [0.2, 0.25) is 0 Å². The first kappa shape index (κ1) is 16.0. The number of ether oxygens (including phenoxy) is 1. The molecule has 2 rings (SSSR count). The highest BCUT2D eigenvalue weighted by Gasteiger charge is 2.63. The Kier molecular flexibility index (Phi) is 3.97. The van der Waals surface area contributed by atoms with Crippen LogP contribution in [0.3, 0.4) is 0 Å². The number of aldehydes is 1. The van der Waals surface area contributed by atoms with E-state index >= 15 is 0 Å². The first-order valence-electron chi connectivity index (χ1n) is 6.28. The molecule has 0 aliphatic rings. The van der Waals surface area contributed by atoms with Gasteiger partial charge < -0.3 is 14.8 Å². The van der Waals surface area contributed by atoms with Crippen molar-refractivity contribution in [3.63, 3.8) is 0 Å². The minimum Gasteiger partial charge on any atom is -0.463 e. The highest BCUT2D eigenvalue weighted by molar-refractivity contribution is 5.94. The number of nitrogens with one attached hydrogen (secondary N) is 1. The average molecular weight is 315 g/mol. The molecule has 1 aromatic heterocycles. The number of aromatic nitrogens is 1. The molecule has 1 aromatic carbocycles. The SMILES string of the molecule is CCOC(=O)[C@](O)(c1c[nH]c2ccc(C=O)cc12)C(F)(F)F. The van der Waals surface area contributed by atoms with Crippen molar-refractivity contribution in [1.29, 1.82) is 0 Å². The van der Waals surface area contributed by atoms with Crippen LogP contribution >= 0.6 is 0 Å². The molecule has 0 spiro atoms. The minimum absolute atomic E-state index is 0.0857. The third-order valence-electron chi connectivity index (χ3n) is 3.21. The fraction of sp³-hybridized carbons (Fsp3) is 0.286. The maximum atomic E-state index is 13.3. The van der Waals surface area contributed by atoms with Gasteiger partial charge in [0.05, 0.1) is 6.61 Å². The molecule has 8 heteroatoms. The Hall–Kier alpha value is -2.35. The van der Waals surface area contributed by atoms with E-state index in [-0.39, 0.29) is 23.1 Å². The van der Waals surface area contributed by atoms with Crippen LogP contribution in [-0.2, 0) is 15.1 Å². The van der Waals surface area contributed by atoms with E-state index in [0.717, 1.165) is 12.3 Å². The lowest BCUT2D eigenvalue weighted by atomic mass is 9.92. The standard InChI is InChI=1S/C14H12F3NO4/c1-2-22-12(20)13(21,14(15,16)17)10-6-18-11-4-3-8(7-19)5-9(10)11/h3-7,18,21H,2H2,1H3/t13-/m1/s1. The minimum atomic E-state index is -5.29. The van der Waals surface area contributed by atoms with Gasteiger partial charge in [0.2, 0.25) is 0 Å². The number of esters is 1. The second-order valence-corrected chi connectivity index (χ2v) is 4.55. The highest BCUT2D eigenvalue weighted by atomic mass is 19.4. The molecule has 0 unspecified atom stereocenters. The number of aliphatic hydroxyl groups is 1. The third kappa shape index (κ3) is 2.35. The molecular formula is C14H12F3NO4. The van der Waals surface area contributed by atoms with Crippen molar-refractivity contribution < 1.29 is 32.6 Å². The van der Waals surface area contributed by atoms with E-state index in [0.29, 0.717) is 6.29 Å². The Morgan fingerprint density at radius 3 is 2.64 bits per heavy atom. The molecule has 1 heterocycles. The lowest BCUT2D eigenvalue weighted by molar-refractivity contribution is -0.267. The van der Waals surface area contributed by atoms with E-state index in [1.54, 1.807) is 0 Å². The Morgan fingerprint density at radius 2 is 2.09 bits per heavy atom. The van der Waals surface area contributed by atoms with E-state index in [2.05, 4.69) is 9.72 Å². The number of aromatic amines is 1. The summed E-state index contributed by atoms with van der Waals surface area (Å²) in [6.45, 7) is 1.01. The number of hydrogen-bond acceptors (Lipinski definition) is 4. The largest absolute Gasteiger partial charge is 0.463 e. The summed E-state index contributed by atoms with van der Waals surface area (Å²) in [7, 11) is 0. The molecule has 118 valence electrons. The smallest absolute Gasteiger partial charge is 0.432 e. The molecule has 0 saturated carbocycles. The molecule has 2 N–H and O–H groups in total. The summed E-state index contributed by atoms with van der Waals surface area (Å²) in [5.41, 5.74) is -4.17. The van der Waals surface area contributed by atoms with Crippen LogP contribution in [0.1, 0.15) is 22.8 Å².